The van der Waals surface area contributed by atoms with E-state index in [0.29, 0.717) is 31.3 Å². The second kappa shape index (κ2) is 8.39. The highest BCUT2D eigenvalue weighted by Crippen LogP contribution is 2.33. The van der Waals surface area contributed by atoms with Gasteiger partial charge in [-0.25, -0.2) is 4.98 Å². The van der Waals surface area contributed by atoms with Gasteiger partial charge in [0, 0.05) is 55.5 Å². The molecule has 166 valence electrons. The summed E-state index contributed by atoms with van der Waals surface area (Å²) in [4.78, 5) is 21.8. The van der Waals surface area contributed by atoms with Crippen LogP contribution >= 0.6 is 11.6 Å². The van der Waals surface area contributed by atoms with Crippen LogP contribution in [0.15, 0.2) is 42.6 Å². The number of fused-ring (bicyclic) bond motifs is 1. The fourth-order valence-electron chi connectivity index (χ4n) is 4.41. The van der Waals surface area contributed by atoms with Crippen molar-refractivity contribution in [3.8, 4) is 17.2 Å². The number of carbonyl (C=O) groups is 1. The zero-order valence-electron chi connectivity index (χ0n) is 18.2. The standard InChI is InChI=1S/C24H25ClN4O3/c1-16-13-20(17(2)29(16)19-4-5-21-22(14-19)32-12-11-31-21)24(30)28-9-7-27(8-10-28)23-6-3-18(25)15-26-23/h3-6,13-15H,7-12H2,1-2H3. The predicted octanol–water partition coefficient (Wildman–Crippen LogP) is 3.88. The van der Waals surface area contributed by atoms with E-state index in [0.717, 1.165) is 53.0 Å². The number of anilines is 1. The summed E-state index contributed by atoms with van der Waals surface area (Å²) in [5.74, 6) is 2.44. The lowest BCUT2D eigenvalue weighted by molar-refractivity contribution is 0.0746. The van der Waals surface area contributed by atoms with E-state index in [1.54, 1.807) is 6.20 Å². The first-order valence-corrected chi connectivity index (χ1v) is 11.1. The molecule has 2 aromatic heterocycles. The van der Waals surface area contributed by atoms with Crippen LogP contribution in [-0.4, -0.2) is 59.8 Å². The van der Waals surface area contributed by atoms with Crippen LogP contribution in [0.25, 0.3) is 5.69 Å². The minimum Gasteiger partial charge on any atom is -0.486 e. The number of ether oxygens (including phenoxy) is 2. The van der Waals surface area contributed by atoms with Crippen LogP contribution in [0.4, 0.5) is 5.82 Å². The van der Waals surface area contributed by atoms with E-state index in [4.69, 9.17) is 21.1 Å². The molecule has 3 aromatic rings. The van der Waals surface area contributed by atoms with E-state index in [-0.39, 0.29) is 5.91 Å². The molecule has 2 aliphatic heterocycles. The van der Waals surface area contributed by atoms with Crippen LogP contribution in [0.5, 0.6) is 11.5 Å². The van der Waals surface area contributed by atoms with Gasteiger partial charge in [-0.1, -0.05) is 11.6 Å². The zero-order valence-corrected chi connectivity index (χ0v) is 18.9. The Morgan fingerprint density at radius 2 is 1.72 bits per heavy atom. The second-order valence-corrected chi connectivity index (χ2v) is 8.50. The van der Waals surface area contributed by atoms with E-state index >= 15 is 0 Å². The Morgan fingerprint density at radius 1 is 0.969 bits per heavy atom. The Balaban J connectivity index is 1.34. The van der Waals surface area contributed by atoms with Crippen molar-refractivity contribution in [2.75, 3.05) is 44.3 Å². The quantitative estimate of drug-likeness (QED) is 0.603. The van der Waals surface area contributed by atoms with Crippen LogP contribution in [-0.2, 0) is 0 Å². The molecule has 1 fully saturated rings. The number of carbonyl (C=O) groups excluding carboxylic acids is 1. The average Bonchev–Trinajstić information content (AvgIpc) is 3.12. The minimum absolute atomic E-state index is 0.0607. The first-order valence-electron chi connectivity index (χ1n) is 10.8. The lowest BCUT2D eigenvalue weighted by atomic mass is 10.2. The Kier molecular flexibility index (Phi) is 5.43. The van der Waals surface area contributed by atoms with Crippen molar-refractivity contribution in [3.63, 3.8) is 0 Å². The molecule has 0 unspecified atom stereocenters. The zero-order chi connectivity index (χ0) is 22.2. The van der Waals surface area contributed by atoms with Gasteiger partial charge in [-0.3, -0.25) is 4.79 Å². The average molecular weight is 453 g/mol. The predicted molar refractivity (Wildman–Crippen MR) is 124 cm³/mol. The molecule has 0 spiro atoms. The fourth-order valence-corrected chi connectivity index (χ4v) is 4.52. The topological polar surface area (TPSA) is 59.8 Å². The van der Waals surface area contributed by atoms with Crippen molar-refractivity contribution in [2.24, 2.45) is 0 Å². The van der Waals surface area contributed by atoms with Crippen molar-refractivity contribution in [1.29, 1.82) is 0 Å². The molecule has 1 amide bonds. The smallest absolute Gasteiger partial charge is 0.255 e. The van der Waals surface area contributed by atoms with Crippen LogP contribution in [0, 0.1) is 13.8 Å². The number of aromatic nitrogens is 2. The molecule has 4 heterocycles. The highest BCUT2D eigenvalue weighted by Gasteiger charge is 2.26. The summed E-state index contributed by atoms with van der Waals surface area (Å²) >= 11 is 5.94. The maximum absolute atomic E-state index is 13.4. The molecular weight excluding hydrogens is 428 g/mol. The highest BCUT2D eigenvalue weighted by molar-refractivity contribution is 6.30. The molecule has 0 radical (unpaired) electrons. The molecule has 0 bridgehead atoms. The summed E-state index contributed by atoms with van der Waals surface area (Å²) in [6, 6.07) is 11.6. The van der Waals surface area contributed by atoms with Crippen molar-refractivity contribution in [1.82, 2.24) is 14.5 Å². The first-order chi connectivity index (χ1) is 15.5. The molecule has 1 saturated heterocycles. The van der Waals surface area contributed by atoms with Gasteiger partial charge in [0.05, 0.1) is 10.6 Å². The van der Waals surface area contributed by atoms with Gasteiger partial charge < -0.3 is 23.8 Å². The molecule has 0 atom stereocenters. The normalized spacial score (nSPS) is 15.7. The van der Waals surface area contributed by atoms with Crippen LogP contribution in [0.1, 0.15) is 21.7 Å². The molecule has 7 nitrogen and oxygen atoms in total. The van der Waals surface area contributed by atoms with Crippen LogP contribution < -0.4 is 14.4 Å². The van der Waals surface area contributed by atoms with Gasteiger partial charge in [0.15, 0.2) is 11.5 Å². The highest BCUT2D eigenvalue weighted by atomic mass is 35.5. The third kappa shape index (κ3) is 3.77. The van der Waals surface area contributed by atoms with Gasteiger partial charge in [0.2, 0.25) is 0 Å². The van der Waals surface area contributed by atoms with E-state index in [1.165, 1.54) is 0 Å². The second-order valence-electron chi connectivity index (χ2n) is 8.06. The Hall–Kier alpha value is -3.19. The van der Waals surface area contributed by atoms with Gasteiger partial charge in [-0.15, -0.1) is 0 Å². The third-order valence-electron chi connectivity index (χ3n) is 6.05. The Labute approximate surface area is 192 Å². The summed E-state index contributed by atoms with van der Waals surface area (Å²) in [5.41, 5.74) is 3.62. The summed E-state index contributed by atoms with van der Waals surface area (Å²) in [6.45, 7) is 7.89. The van der Waals surface area contributed by atoms with Gasteiger partial charge in [0.25, 0.3) is 5.91 Å². The van der Waals surface area contributed by atoms with E-state index in [9.17, 15) is 4.79 Å². The molecule has 0 aliphatic carbocycles. The molecule has 5 rings (SSSR count). The molecule has 32 heavy (non-hydrogen) atoms. The number of pyridine rings is 1. The van der Waals surface area contributed by atoms with Gasteiger partial charge in [-0.05, 0) is 44.2 Å². The maximum atomic E-state index is 13.4. The Bertz CT molecular complexity index is 1150. The number of aryl methyl sites for hydroxylation is 1. The fraction of sp³-hybridized carbons (Fsp3) is 0.333. The van der Waals surface area contributed by atoms with E-state index < -0.39 is 0 Å². The minimum atomic E-state index is 0.0607. The number of halogens is 1. The summed E-state index contributed by atoms with van der Waals surface area (Å²) in [6.07, 6.45) is 1.65. The van der Waals surface area contributed by atoms with Crippen LogP contribution in [0.3, 0.4) is 0 Å². The first kappa shape index (κ1) is 20.7. The number of hydrogen-bond acceptors (Lipinski definition) is 5. The van der Waals surface area contributed by atoms with Gasteiger partial charge in [-0.2, -0.15) is 0 Å². The number of nitrogens with zero attached hydrogens (tertiary/aromatic N) is 4. The molecule has 1 aromatic carbocycles. The summed E-state index contributed by atoms with van der Waals surface area (Å²) < 4.78 is 13.5. The van der Waals surface area contributed by atoms with Gasteiger partial charge >= 0.3 is 0 Å². The largest absolute Gasteiger partial charge is 0.486 e. The van der Waals surface area contributed by atoms with Gasteiger partial charge in [0.1, 0.15) is 19.0 Å². The summed E-state index contributed by atoms with van der Waals surface area (Å²) in [5, 5.41) is 0.621. The molecule has 2 aliphatic rings. The lowest BCUT2D eigenvalue weighted by Crippen LogP contribution is -2.49. The SMILES string of the molecule is Cc1cc(C(=O)N2CCN(c3ccc(Cl)cn3)CC2)c(C)n1-c1ccc2c(c1)OCCO2. The maximum Gasteiger partial charge on any atom is 0.255 e. The number of amides is 1. The molecule has 0 saturated carbocycles. The monoisotopic (exact) mass is 452 g/mol. The molecule has 0 N–H and O–H groups in total. The summed E-state index contributed by atoms with van der Waals surface area (Å²) in [7, 11) is 0. The van der Waals surface area contributed by atoms with E-state index in [1.807, 2.05) is 55.1 Å². The van der Waals surface area contributed by atoms with Crippen molar-refractivity contribution in [2.45, 2.75) is 13.8 Å². The van der Waals surface area contributed by atoms with E-state index in [2.05, 4.69) is 14.5 Å². The van der Waals surface area contributed by atoms with Crippen molar-refractivity contribution >= 4 is 23.3 Å². The van der Waals surface area contributed by atoms with Crippen molar-refractivity contribution < 1.29 is 14.3 Å². The number of hydrogen-bond donors (Lipinski definition) is 0. The number of benzene rings is 1. The molecule has 8 heteroatoms. The third-order valence-corrected chi connectivity index (χ3v) is 6.27. The number of rotatable bonds is 3. The van der Waals surface area contributed by atoms with Crippen molar-refractivity contribution in [3.05, 3.63) is 64.6 Å². The molecular formula is C24H25ClN4O3. The Morgan fingerprint density at radius 3 is 2.44 bits per heavy atom. The van der Waals surface area contributed by atoms with Crippen LogP contribution in [0.2, 0.25) is 5.02 Å². The lowest BCUT2D eigenvalue weighted by Gasteiger charge is -2.35. The number of piperazine rings is 1.